The number of sulfonamides is 1. The van der Waals surface area contributed by atoms with Gasteiger partial charge in [0.15, 0.2) is 0 Å². The van der Waals surface area contributed by atoms with Gasteiger partial charge in [-0.05, 0) is 54.7 Å². The van der Waals surface area contributed by atoms with Crippen LogP contribution in [0.1, 0.15) is 47.8 Å². The molecule has 1 aliphatic heterocycles. The Morgan fingerprint density at radius 1 is 1.12 bits per heavy atom. The minimum Gasteiger partial charge on any atom is -0.497 e. The Kier molecular flexibility index (Phi) is 7.92. The van der Waals surface area contributed by atoms with Gasteiger partial charge in [-0.25, -0.2) is 8.42 Å². The maximum atomic E-state index is 13.2. The summed E-state index contributed by atoms with van der Waals surface area (Å²) in [5.41, 5.74) is 2.06. The molecule has 0 spiro atoms. The number of nitrogens with one attached hydrogen (secondary N) is 1. The van der Waals surface area contributed by atoms with Crippen molar-refractivity contribution < 1.29 is 22.7 Å². The zero-order valence-electron chi connectivity index (χ0n) is 19.1. The van der Waals surface area contributed by atoms with Crippen LogP contribution in [0.3, 0.4) is 0 Å². The van der Waals surface area contributed by atoms with E-state index in [1.165, 1.54) is 10.4 Å². The van der Waals surface area contributed by atoms with Gasteiger partial charge in [-0.3, -0.25) is 4.79 Å². The highest BCUT2D eigenvalue weighted by Crippen LogP contribution is 2.26. The minimum atomic E-state index is -3.68. The molecule has 0 bridgehead atoms. The molecule has 1 saturated heterocycles. The fourth-order valence-electron chi connectivity index (χ4n) is 3.76. The summed E-state index contributed by atoms with van der Waals surface area (Å²) in [5, 5.41) is 3.11. The molecule has 0 unspecified atom stereocenters. The SMILES string of the molecule is COc1ccc([C@H](CC(C)C)NC(=O)c2cc(S(=O)(=O)N3CCOCC3)ccc2C)cc1. The van der Waals surface area contributed by atoms with Crippen molar-refractivity contribution >= 4 is 15.9 Å². The number of morpholine rings is 1. The average Bonchev–Trinajstić information content (AvgIpc) is 2.79. The van der Waals surface area contributed by atoms with Crippen molar-refractivity contribution in [3.63, 3.8) is 0 Å². The second-order valence-electron chi connectivity index (χ2n) is 8.42. The fourth-order valence-corrected chi connectivity index (χ4v) is 5.20. The number of aryl methyl sites for hydroxylation is 1. The van der Waals surface area contributed by atoms with Crippen LogP contribution < -0.4 is 10.1 Å². The third kappa shape index (κ3) is 5.68. The molecule has 0 radical (unpaired) electrons. The van der Waals surface area contributed by atoms with Gasteiger partial charge in [0.1, 0.15) is 5.75 Å². The number of carbonyl (C=O) groups excluding carboxylic acids is 1. The number of methoxy groups -OCH3 is 1. The molecule has 0 saturated carbocycles. The molecular weight excluding hydrogens is 428 g/mol. The van der Waals surface area contributed by atoms with Crippen LogP contribution in [0.25, 0.3) is 0 Å². The first-order chi connectivity index (χ1) is 15.2. The van der Waals surface area contributed by atoms with Crippen LogP contribution in [-0.2, 0) is 14.8 Å². The van der Waals surface area contributed by atoms with E-state index in [9.17, 15) is 13.2 Å². The molecule has 2 aromatic carbocycles. The van der Waals surface area contributed by atoms with E-state index < -0.39 is 10.0 Å². The summed E-state index contributed by atoms with van der Waals surface area (Å²) >= 11 is 0. The van der Waals surface area contributed by atoms with E-state index in [1.54, 1.807) is 19.2 Å². The maximum Gasteiger partial charge on any atom is 0.252 e. The van der Waals surface area contributed by atoms with Gasteiger partial charge in [0, 0.05) is 18.7 Å². The van der Waals surface area contributed by atoms with Crippen LogP contribution in [0.2, 0.25) is 0 Å². The molecule has 1 heterocycles. The van der Waals surface area contributed by atoms with E-state index in [-0.39, 0.29) is 16.8 Å². The molecule has 7 nitrogen and oxygen atoms in total. The summed E-state index contributed by atoms with van der Waals surface area (Å²) < 4.78 is 38.0. The van der Waals surface area contributed by atoms with Crippen molar-refractivity contribution in [3.05, 3.63) is 59.2 Å². The summed E-state index contributed by atoms with van der Waals surface area (Å²) in [6, 6.07) is 12.2. The van der Waals surface area contributed by atoms with Crippen LogP contribution in [0.5, 0.6) is 5.75 Å². The summed E-state index contributed by atoms with van der Waals surface area (Å²) in [6.45, 7) is 7.38. The lowest BCUT2D eigenvalue weighted by Crippen LogP contribution is -2.40. The van der Waals surface area contributed by atoms with Gasteiger partial charge < -0.3 is 14.8 Å². The third-order valence-corrected chi connectivity index (χ3v) is 7.49. The molecule has 1 atom stereocenters. The normalized spacial score (nSPS) is 16.0. The van der Waals surface area contributed by atoms with Crippen molar-refractivity contribution in [1.82, 2.24) is 9.62 Å². The first-order valence-electron chi connectivity index (χ1n) is 10.9. The smallest absolute Gasteiger partial charge is 0.252 e. The van der Waals surface area contributed by atoms with Gasteiger partial charge in [-0.1, -0.05) is 32.0 Å². The van der Waals surface area contributed by atoms with Gasteiger partial charge in [-0.15, -0.1) is 0 Å². The van der Waals surface area contributed by atoms with Crippen LogP contribution in [0.15, 0.2) is 47.4 Å². The van der Waals surface area contributed by atoms with Gasteiger partial charge in [0.25, 0.3) is 5.91 Å². The summed E-state index contributed by atoms with van der Waals surface area (Å²) in [5.74, 6) is 0.819. The molecule has 1 amide bonds. The molecular formula is C24H32N2O5S. The van der Waals surface area contributed by atoms with E-state index >= 15 is 0 Å². The number of amides is 1. The summed E-state index contributed by atoms with van der Waals surface area (Å²) in [7, 11) is -2.07. The van der Waals surface area contributed by atoms with Crippen LogP contribution >= 0.6 is 0 Å². The van der Waals surface area contributed by atoms with E-state index in [0.717, 1.165) is 23.3 Å². The zero-order valence-corrected chi connectivity index (χ0v) is 19.9. The predicted molar refractivity (Wildman–Crippen MR) is 123 cm³/mol. The Morgan fingerprint density at radius 2 is 1.78 bits per heavy atom. The second-order valence-corrected chi connectivity index (χ2v) is 10.4. The average molecular weight is 461 g/mol. The molecule has 0 aliphatic carbocycles. The highest BCUT2D eigenvalue weighted by atomic mass is 32.2. The number of ether oxygens (including phenoxy) is 2. The van der Waals surface area contributed by atoms with Crippen LogP contribution in [0.4, 0.5) is 0 Å². The lowest BCUT2D eigenvalue weighted by atomic mass is 9.96. The molecule has 2 aromatic rings. The van der Waals surface area contributed by atoms with Crippen molar-refractivity contribution in [3.8, 4) is 5.75 Å². The van der Waals surface area contributed by atoms with E-state index in [4.69, 9.17) is 9.47 Å². The Labute approximate surface area is 190 Å². The molecule has 1 aliphatic rings. The number of benzene rings is 2. The second kappa shape index (κ2) is 10.5. The van der Waals surface area contributed by atoms with Crippen molar-refractivity contribution in [2.24, 2.45) is 5.92 Å². The van der Waals surface area contributed by atoms with Crippen molar-refractivity contribution in [2.75, 3.05) is 33.4 Å². The summed E-state index contributed by atoms with van der Waals surface area (Å²) in [6.07, 6.45) is 0.753. The lowest BCUT2D eigenvalue weighted by Gasteiger charge is -2.26. The number of carbonyl (C=O) groups is 1. The highest BCUT2D eigenvalue weighted by molar-refractivity contribution is 7.89. The number of hydrogen-bond donors (Lipinski definition) is 1. The topological polar surface area (TPSA) is 84.9 Å². The quantitative estimate of drug-likeness (QED) is 0.651. The lowest BCUT2D eigenvalue weighted by molar-refractivity contribution is 0.0730. The Balaban J connectivity index is 1.86. The Hall–Kier alpha value is -2.42. The Morgan fingerprint density at radius 3 is 2.38 bits per heavy atom. The zero-order chi connectivity index (χ0) is 23.3. The predicted octanol–water partition coefficient (Wildman–Crippen LogP) is 3.54. The van der Waals surface area contributed by atoms with Gasteiger partial charge in [-0.2, -0.15) is 4.31 Å². The Bertz CT molecular complexity index is 1030. The van der Waals surface area contributed by atoms with Crippen LogP contribution in [-0.4, -0.2) is 52.0 Å². The molecule has 32 heavy (non-hydrogen) atoms. The molecule has 8 heteroatoms. The van der Waals surface area contributed by atoms with Crippen LogP contribution in [0, 0.1) is 12.8 Å². The largest absolute Gasteiger partial charge is 0.497 e. The summed E-state index contributed by atoms with van der Waals surface area (Å²) in [4.78, 5) is 13.4. The molecule has 3 rings (SSSR count). The van der Waals surface area contributed by atoms with Crippen molar-refractivity contribution in [1.29, 1.82) is 0 Å². The molecule has 1 N–H and O–H groups in total. The number of nitrogens with zero attached hydrogens (tertiary/aromatic N) is 1. The fraction of sp³-hybridized carbons (Fsp3) is 0.458. The van der Waals surface area contributed by atoms with Gasteiger partial charge in [0.05, 0.1) is 31.3 Å². The van der Waals surface area contributed by atoms with E-state index in [1.807, 2.05) is 31.2 Å². The third-order valence-electron chi connectivity index (χ3n) is 5.59. The van der Waals surface area contributed by atoms with Gasteiger partial charge >= 0.3 is 0 Å². The minimum absolute atomic E-state index is 0.125. The first-order valence-corrected chi connectivity index (χ1v) is 12.3. The monoisotopic (exact) mass is 460 g/mol. The molecule has 1 fully saturated rings. The number of hydrogen-bond acceptors (Lipinski definition) is 5. The molecule has 0 aromatic heterocycles. The van der Waals surface area contributed by atoms with Gasteiger partial charge in [0.2, 0.25) is 10.0 Å². The highest BCUT2D eigenvalue weighted by Gasteiger charge is 2.28. The first kappa shape index (κ1) is 24.2. The van der Waals surface area contributed by atoms with E-state index in [2.05, 4.69) is 19.2 Å². The maximum absolute atomic E-state index is 13.2. The van der Waals surface area contributed by atoms with Crippen molar-refractivity contribution in [2.45, 2.75) is 38.1 Å². The van der Waals surface area contributed by atoms with E-state index in [0.29, 0.717) is 37.8 Å². The number of rotatable bonds is 8. The standard InChI is InChI=1S/C24H32N2O5S/c1-17(2)15-23(19-6-8-20(30-4)9-7-19)25-24(27)22-16-21(10-5-18(22)3)32(28,29)26-11-13-31-14-12-26/h5-10,16-17,23H,11-15H2,1-4H3,(H,25,27)/t23-/m0/s1. The molecule has 174 valence electrons.